The van der Waals surface area contributed by atoms with Crippen molar-refractivity contribution in [1.29, 1.82) is 0 Å². The summed E-state index contributed by atoms with van der Waals surface area (Å²) in [7, 11) is 0. The van der Waals surface area contributed by atoms with E-state index in [0.717, 1.165) is 6.07 Å². The summed E-state index contributed by atoms with van der Waals surface area (Å²) >= 11 is 0. The van der Waals surface area contributed by atoms with E-state index in [-0.39, 0.29) is 12.2 Å². The lowest BCUT2D eigenvalue weighted by atomic mass is 10.0. The zero-order valence-electron chi connectivity index (χ0n) is 7.88. The Bertz CT molecular complexity index is 427. The molecule has 0 spiro atoms. The molecule has 0 N–H and O–H groups in total. The van der Waals surface area contributed by atoms with Crippen LogP contribution in [0.25, 0.3) is 0 Å². The molecule has 0 saturated heterocycles. The highest BCUT2D eigenvalue weighted by molar-refractivity contribution is 5.51. The van der Waals surface area contributed by atoms with Gasteiger partial charge in [0.05, 0.1) is 5.56 Å². The Morgan fingerprint density at radius 1 is 1.38 bits per heavy atom. The van der Waals surface area contributed by atoms with E-state index in [9.17, 15) is 17.6 Å². The normalized spacial score (nSPS) is 19.9. The van der Waals surface area contributed by atoms with Gasteiger partial charge in [-0.2, -0.15) is 13.2 Å². The molecule has 16 heavy (non-hydrogen) atoms. The first-order valence-corrected chi connectivity index (χ1v) is 4.42. The smallest absolute Gasteiger partial charge is 0.419 e. The maximum absolute atomic E-state index is 13.2. The van der Waals surface area contributed by atoms with Gasteiger partial charge in [0.25, 0.3) is 6.40 Å². The summed E-state index contributed by atoms with van der Waals surface area (Å²) in [4.78, 5) is 3.58. The van der Waals surface area contributed by atoms with E-state index in [1.54, 1.807) is 0 Å². The predicted molar refractivity (Wildman–Crippen MR) is 47.5 cm³/mol. The van der Waals surface area contributed by atoms with Gasteiger partial charge in [0.2, 0.25) is 0 Å². The number of hydrogen-bond donors (Lipinski definition) is 0. The lowest BCUT2D eigenvalue weighted by Crippen LogP contribution is -2.14. The minimum atomic E-state index is -4.74. The molecular formula is C10H6F4NO. The number of ether oxygens (including phenoxy) is 1. The molecule has 1 atom stereocenters. The summed E-state index contributed by atoms with van der Waals surface area (Å²) < 4.78 is 55.6. The van der Waals surface area contributed by atoms with Crippen LogP contribution in [0.3, 0.4) is 0 Å². The number of rotatable bonds is 1. The lowest BCUT2D eigenvalue weighted by Gasteiger charge is -2.15. The second kappa shape index (κ2) is 3.77. The van der Waals surface area contributed by atoms with Crippen LogP contribution in [0, 0.1) is 5.82 Å². The van der Waals surface area contributed by atoms with Gasteiger partial charge in [-0.15, -0.1) is 0 Å². The molecule has 1 radical (unpaired) electrons. The highest BCUT2D eigenvalue weighted by Crippen LogP contribution is 2.38. The van der Waals surface area contributed by atoms with Gasteiger partial charge in [-0.1, -0.05) is 12.1 Å². The topological polar surface area (TPSA) is 21.6 Å². The standard InChI is InChI=1S/C10H6F4NO/c11-7-3-1-2-6(8-4-16-5-15-8)9(7)10(12,13)14/h1-3,8H,4H2. The van der Waals surface area contributed by atoms with Crippen molar-refractivity contribution in [2.24, 2.45) is 4.99 Å². The molecule has 1 aliphatic heterocycles. The Hall–Kier alpha value is -1.59. The van der Waals surface area contributed by atoms with Crippen molar-refractivity contribution < 1.29 is 22.3 Å². The van der Waals surface area contributed by atoms with Gasteiger partial charge in [0.1, 0.15) is 18.5 Å². The van der Waals surface area contributed by atoms with Crippen molar-refractivity contribution >= 4 is 6.40 Å². The van der Waals surface area contributed by atoms with Crippen LogP contribution in [0.2, 0.25) is 0 Å². The average Bonchev–Trinajstić information content (AvgIpc) is 2.67. The van der Waals surface area contributed by atoms with Crippen LogP contribution < -0.4 is 0 Å². The fourth-order valence-corrected chi connectivity index (χ4v) is 1.53. The average molecular weight is 232 g/mol. The van der Waals surface area contributed by atoms with E-state index < -0.39 is 23.6 Å². The zero-order chi connectivity index (χ0) is 11.8. The molecule has 6 heteroatoms. The summed E-state index contributed by atoms with van der Waals surface area (Å²) in [6, 6.07) is 2.34. The van der Waals surface area contributed by atoms with Crippen LogP contribution in [0.1, 0.15) is 17.2 Å². The molecule has 0 saturated carbocycles. The third-order valence-corrected chi connectivity index (χ3v) is 2.20. The first-order valence-electron chi connectivity index (χ1n) is 4.42. The summed E-state index contributed by atoms with van der Waals surface area (Å²) in [6.45, 7) is -0.0491. The van der Waals surface area contributed by atoms with Gasteiger partial charge in [-0.05, 0) is 11.6 Å². The molecular weight excluding hydrogens is 226 g/mol. The summed E-state index contributed by atoms with van der Waals surface area (Å²) in [5, 5.41) is 0. The second-order valence-electron chi connectivity index (χ2n) is 3.25. The molecule has 1 unspecified atom stereocenters. The molecule has 1 heterocycles. The Balaban J connectivity index is 2.52. The van der Waals surface area contributed by atoms with Crippen LogP contribution in [0.5, 0.6) is 0 Å². The number of aliphatic imine (C=N–C) groups is 1. The van der Waals surface area contributed by atoms with Gasteiger partial charge in [-0.3, -0.25) is 0 Å². The van der Waals surface area contributed by atoms with E-state index in [1.165, 1.54) is 12.1 Å². The minimum Gasteiger partial charge on any atom is -0.471 e. The maximum Gasteiger partial charge on any atom is 0.419 e. The van der Waals surface area contributed by atoms with Gasteiger partial charge in [-0.25, -0.2) is 9.38 Å². The van der Waals surface area contributed by atoms with Gasteiger partial charge < -0.3 is 4.74 Å². The number of alkyl halides is 3. The first-order chi connectivity index (χ1) is 7.50. The van der Waals surface area contributed by atoms with Crippen molar-refractivity contribution in [3.8, 4) is 0 Å². The van der Waals surface area contributed by atoms with Gasteiger partial charge in [0, 0.05) is 0 Å². The van der Waals surface area contributed by atoms with Crippen molar-refractivity contribution in [1.82, 2.24) is 0 Å². The second-order valence-corrected chi connectivity index (χ2v) is 3.25. The van der Waals surface area contributed by atoms with E-state index in [2.05, 4.69) is 16.1 Å². The SMILES string of the molecule is Fc1cccc(C2CO[C]=N2)c1C(F)(F)F. The third-order valence-electron chi connectivity index (χ3n) is 2.20. The number of halogens is 4. The molecule has 0 fully saturated rings. The molecule has 0 amide bonds. The third kappa shape index (κ3) is 1.87. The molecule has 1 aliphatic rings. The molecule has 2 nitrogen and oxygen atoms in total. The van der Waals surface area contributed by atoms with Crippen molar-refractivity contribution in [3.63, 3.8) is 0 Å². The molecule has 0 aromatic heterocycles. The van der Waals surface area contributed by atoms with Crippen molar-refractivity contribution in [3.05, 3.63) is 35.1 Å². The lowest BCUT2D eigenvalue weighted by molar-refractivity contribution is -0.140. The van der Waals surface area contributed by atoms with E-state index in [1.807, 2.05) is 0 Å². The molecule has 1 aromatic rings. The van der Waals surface area contributed by atoms with E-state index in [4.69, 9.17) is 0 Å². The molecule has 0 bridgehead atoms. The number of nitrogens with zero attached hydrogens (tertiary/aromatic N) is 1. The highest BCUT2D eigenvalue weighted by atomic mass is 19.4. The van der Waals surface area contributed by atoms with Crippen LogP contribution in [-0.4, -0.2) is 13.0 Å². The monoisotopic (exact) mass is 232 g/mol. The summed E-state index contributed by atoms with van der Waals surface area (Å²) in [6.07, 6.45) is -2.63. The summed E-state index contributed by atoms with van der Waals surface area (Å²) in [5.74, 6) is -1.30. The van der Waals surface area contributed by atoms with Crippen LogP contribution in [0.15, 0.2) is 23.2 Å². The zero-order valence-corrected chi connectivity index (χ0v) is 7.88. The predicted octanol–water partition coefficient (Wildman–Crippen LogP) is 2.82. The molecule has 0 aliphatic carbocycles. The quantitative estimate of drug-likeness (QED) is 0.682. The number of hydrogen-bond acceptors (Lipinski definition) is 2. The van der Waals surface area contributed by atoms with E-state index >= 15 is 0 Å². The Morgan fingerprint density at radius 3 is 2.69 bits per heavy atom. The largest absolute Gasteiger partial charge is 0.471 e. The highest BCUT2D eigenvalue weighted by Gasteiger charge is 2.39. The van der Waals surface area contributed by atoms with Crippen molar-refractivity contribution in [2.45, 2.75) is 12.2 Å². The Kier molecular flexibility index (Phi) is 2.57. The van der Waals surface area contributed by atoms with Crippen LogP contribution in [0.4, 0.5) is 17.6 Å². The maximum atomic E-state index is 13.2. The van der Waals surface area contributed by atoms with E-state index in [0.29, 0.717) is 0 Å². The van der Waals surface area contributed by atoms with Gasteiger partial charge in [0.15, 0.2) is 0 Å². The fraction of sp³-hybridized carbons (Fsp3) is 0.300. The fourth-order valence-electron chi connectivity index (χ4n) is 1.53. The molecule has 85 valence electrons. The first kappa shape index (κ1) is 10.9. The van der Waals surface area contributed by atoms with Crippen molar-refractivity contribution in [2.75, 3.05) is 6.61 Å². The van der Waals surface area contributed by atoms with Crippen LogP contribution in [-0.2, 0) is 10.9 Å². The Morgan fingerprint density at radius 2 is 2.12 bits per heavy atom. The number of benzene rings is 1. The van der Waals surface area contributed by atoms with Gasteiger partial charge >= 0.3 is 6.18 Å². The molecule has 1 aromatic carbocycles. The molecule has 2 rings (SSSR count). The van der Waals surface area contributed by atoms with Crippen LogP contribution >= 0.6 is 0 Å². The Labute approximate surface area is 88.6 Å². The summed E-state index contributed by atoms with van der Waals surface area (Å²) in [5.41, 5.74) is -1.51. The minimum absolute atomic E-state index is 0.0491.